The van der Waals surface area contributed by atoms with E-state index in [1.165, 1.54) is 0 Å². The highest BCUT2D eigenvalue weighted by Crippen LogP contribution is 2.27. The number of halogens is 1. The van der Waals surface area contributed by atoms with E-state index in [1.54, 1.807) is 6.92 Å². The summed E-state index contributed by atoms with van der Waals surface area (Å²) in [7, 11) is 0. The zero-order valence-corrected chi connectivity index (χ0v) is 13.3. The highest BCUT2D eigenvalue weighted by atomic mass is 35.5. The number of piperazine rings is 1. The van der Waals surface area contributed by atoms with Crippen LogP contribution in [0.2, 0.25) is 5.02 Å². The molecule has 0 saturated carbocycles. The number of anilines is 1. The minimum absolute atomic E-state index is 0.0505. The van der Waals surface area contributed by atoms with E-state index >= 15 is 0 Å². The summed E-state index contributed by atoms with van der Waals surface area (Å²) in [5.41, 5.74) is 2.62. The number of nitrogens with one attached hydrogen (secondary N) is 2. The minimum Gasteiger partial charge on any atom is -0.354 e. The molecule has 0 radical (unpaired) electrons. The largest absolute Gasteiger partial charge is 0.354 e. The second kappa shape index (κ2) is 6.45. The van der Waals surface area contributed by atoms with Crippen molar-refractivity contribution in [3.05, 3.63) is 28.3 Å². The van der Waals surface area contributed by atoms with Crippen molar-refractivity contribution in [3.8, 4) is 0 Å². The monoisotopic (exact) mass is 309 g/mol. The van der Waals surface area contributed by atoms with Crippen molar-refractivity contribution in [1.29, 1.82) is 0 Å². The number of aryl methyl sites for hydroxylation is 2. The van der Waals surface area contributed by atoms with Crippen LogP contribution in [0, 0.1) is 13.8 Å². The molecular formula is C15H20ClN3O2. The van der Waals surface area contributed by atoms with E-state index in [0.29, 0.717) is 23.8 Å². The Balaban J connectivity index is 2.09. The molecule has 1 saturated heterocycles. The molecule has 1 unspecified atom stereocenters. The topological polar surface area (TPSA) is 61.4 Å². The summed E-state index contributed by atoms with van der Waals surface area (Å²) in [4.78, 5) is 25.6. The lowest BCUT2D eigenvalue weighted by Crippen LogP contribution is -2.53. The van der Waals surface area contributed by atoms with Gasteiger partial charge in [0.2, 0.25) is 11.8 Å². The van der Waals surface area contributed by atoms with Crippen LogP contribution >= 0.6 is 11.6 Å². The Hall–Kier alpha value is -1.59. The number of nitrogens with zero attached hydrogens (tertiary/aromatic N) is 1. The van der Waals surface area contributed by atoms with E-state index in [9.17, 15) is 9.59 Å². The van der Waals surface area contributed by atoms with Gasteiger partial charge in [-0.05, 0) is 38.0 Å². The van der Waals surface area contributed by atoms with E-state index in [0.717, 1.165) is 11.1 Å². The summed E-state index contributed by atoms with van der Waals surface area (Å²) in [6, 6.07) is 3.41. The first kappa shape index (κ1) is 15.8. The molecule has 114 valence electrons. The number of carbonyl (C=O) groups is 2. The fourth-order valence-electron chi connectivity index (χ4n) is 2.46. The molecule has 2 rings (SSSR count). The maximum atomic E-state index is 12.4. The predicted molar refractivity (Wildman–Crippen MR) is 83.6 cm³/mol. The first-order valence-electron chi connectivity index (χ1n) is 6.97. The lowest BCUT2D eigenvalue weighted by molar-refractivity contribution is -0.127. The third kappa shape index (κ3) is 3.74. The summed E-state index contributed by atoms with van der Waals surface area (Å²) in [6.07, 6.45) is 0. The van der Waals surface area contributed by atoms with Gasteiger partial charge in [0.1, 0.15) is 0 Å². The molecular weight excluding hydrogens is 290 g/mol. The van der Waals surface area contributed by atoms with Crippen molar-refractivity contribution in [2.75, 3.05) is 25.0 Å². The van der Waals surface area contributed by atoms with Crippen LogP contribution in [0.15, 0.2) is 12.1 Å². The van der Waals surface area contributed by atoms with Crippen LogP contribution in [0.5, 0.6) is 0 Å². The molecule has 5 nitrogen and oxygen atoms in total. The average molecular weight is 310 g/mol. The molecule has 0 spiro atoms. The Labute approximate surface area is 129 Å². The van der Waals surface area contributed by atoms with Gasteiger partial charge in [0, 0.05) is 13.1 Å². The van der Waals surface area contributed by atoms with E-state index in [1.807, 2.05) is 30.9 Å². The molecule has 2 amide bonds. The molecule has 1 heterocycles. The smallest absolute Gasteiger partial charge is 0.241 e. The van der Waals surface area contributed by atoms with Crippen LogP contribution in [0.25, 0.3) is 0 Å². The van der Waals surface area contributed by atoms with Gasteiger partial charge in [-0.15, -0.1) is 0 Å². The van der Waals surface area contributed by atoms with Gasteiger partial charge in [-0.3, -0.25) is 14.5 Å². The lowest BCUT2D eigenvalue weighted by Gasteiger charge is -2.31. The SMILES string of the molecule is Cc1cc(C)c(NC(=O)C(C)N2CCNC(=O)C2)c(Cl)c1. The van der Waals surface area contributed by atoms with Crippen LogP contribution in [0.4, 0.5) is 5.69 Å². The van der Waals surface area contributed by atoms with Crippen molar-refractivity contribution >= 4 is 29.1 Å². The summed E-state index contributed by atoms with van der Waals surface area (Å²) in [5, 5.41) is 6.15. The number of hydrogen-bond acceptors (Lipinski definition) is 3. The third-order valence-electron chi connectivity index (χ3n) is 3.67. The number of benzene rings is 1. The van der Waals surface area contributed by atoms with E-state index < -0.39 is 0 Å². The number of carbonyl (C=O) groups excluding carboxylic acids is 2. The molecule has 1 aliphatic rings. The van der Waals surface area contributed by atoms with Gasteiger partial charge < -0.3 is 10.6 Å². The summed E-state index contributed by atoms with van der Waals surface area (Å²) >= 11 is 6.20. The second-order valence-corrected chi connectivity index (χ2v) is 5.83. The number of amides is 2. The van der Waals surface area contributed by atoms with Gasteiger partial charge in [0.05, 0.1) is 23.3 Å². The van der Waals surface area contributed by atoms with Crippen LogP contribution < -0.4 is 10.6 Å². The molecule has 1 aromatic carbocycles. The second-order valence-electron chi connectivity index (χ2n) is 5.42. The molecule has 1 aromatic rings. The average Bonchev–Trinajstić information content (AvgIpc) is 2.41. The molecule has 0 aliphatic carbocycles. The number of rotatable bonds is 3. The van der Waals surface area contributed by atoms with E-state index in [4.69, 9.17) is 11.6 Å². The molecule has 1 aliphatic heterocycles. The number of hydrogen-bond donors (Lipinski definition) is 2. The Morgan fingerprint density at radius 3 is 2.76 bits per heavy atom. The summed E-state index contributed by atoms with van der Waals surface area (Å²) in [6.45, 7) is 7.15. The highest BCUT2D eigenvalue weighted by molar-refractivity contribution is 6.34. The Bertz CT molecular complexity index is 551. The maximum Gasteiger partial charge on any atom is 0.241 e. The molecule has 0 aromatic heterocycles. The predicted octanol–water partition coefficient (Wildman–Crippen LogP) is 1.72. The first-order valence-corrected chi connectivity index (χ1v) is 7.34. The Morgan fingerprint density at radius 1 is 1.43 bits per heavy atom. The molecule has 0 bridgehead atoms. The zero-order chi connectivity index (χ0) is 15.6. The first-order chi connectivity index (χ1) is 9.88. The van der Waals surface area contributed by atoms with E-state index in [2.05, 4.69) is 10.6 Å². The quantitative estimate of drug-likeness (QED) is 0.893. The highest BCUT2D eigenvalue weighted by Gasteiger charge is 2.26. The Kier molecular flexibility index (Phi) is 4.85. The van der Waals surface area contributed by atoms with Crippen molar-refractivity contribution < 1.29 is 9.59 Å². The standard InChI is InChI=1S/C15H20ClN3O2/c1-9-6-10(2)14(12(16)7-9)18-15(21)11(3)19-5-4-17-13(20)8-19/h6-7,11H,4-5,8H2,1-3H3,(H,17,20)(H,18,21). The van der Waals surface area contributed by atoms with Crippen LogP contribution in [0.3, 0.4) is 0 Å². The van der Waals surface area contributed by atoms with Crippen molar-refractivity contribution in [1.82, 2.24) is 10.2 Å². The fourth-order valence-corrected chi connectivity index (χ4v) is 2.82. The summed E-state index contributed by atoms with van der Waals surface area (Å²) < 4.78 is 0. The van der Waals surface area contributed by atoms with Crippen molar-refractivity contribution in [2.45, 2.75) is 26.8 Å². The molecule has 2 N–H and O–H groups in total. The maximum absolute atomic E-state index is 12.4. The molecule has 21 heavy (non-hydrogen) atoms. The van der Waals surface area contributed by atoms with Gasteiger partial charge in [-0.2, -0.15) is 0 Å². The Morgan fingerprint density at radius 2 is 2.14 bits per heavy atom. The van der Waals surface area contributed by atoms with Gasteiger partial charge in [-0.25, -0.2) is 0 Å². The van der Waals surface area contributed by atoms with Gasteiger partial charge in [-0.1, -0.05) is 17.7 Å². The molecule has 1 fully saturated rings. The van der Waals surface area contributed by atoms with Gasteiger partial charge in [0.25, 0.3) is 0 Å². The fraction of sp³-hybridized carbons (Fsp3) is 0.467. The van der Waals surface area contributed by atoms with E-state index in [-0.39, 0.29) is 24.4 Å². The molecule has 1 atom stereocenters. The third-order valence-corrected chi connectivity index (χ3v) is 3.97. The summed E-state index contributed by atoms with van der Waals surface area (Å²) in [5.74, 6) is -0.205. The minimum atomic E-state index is -0.382. The van der Waals surface area contributed by atoms with Crippen LogP contribution in [-0.4, -0.2) is 42.4 Å². The van der Waals surface area contributed by atoms with Gasteiger partial charge in [0.15, 0.2) is 0 Å². The van der Waals surface area contributed by atoms with Crippen LogP contribution in [0.1, 0.15) is 18.1 Å². The van der Waals surface area contributed by atoms with Crippen molar-refractivity contribution in [2.24, 2.45) is 0 Å². The van der Waals surface area contributed by atoms with Crippen molar-refractivity contribution in [3.63, 3.8) is 0 Å². The molecule has 6 heteroatoms. The van der Waals surface area contributed by atoms with Crippen LogP contribution in [-0.2, 0) is 9.59 Å². The normalized spacial score (nSPS) is 17.2. The zero-order valence-electron chi connectivity index (χ0n) is 12.5. The lowest BCUT2D eigenvalue weighted by atomic mass is 10.1. The van der Waals surface area contributed by atoms with Gasteiger partial charge >= 0.3 is 0 Å².